The highest BCUT2D eigenvalue weighted by molar-refractivity contribution is 8.60. The van der Waals surface area contributed by atoms with Gasteiger partial charge in [0.25, 0.3) is 0 Å². The Hall–Kier alpha value is 0.240. The van der Waals surface area contributed by atoms with Crippen LogP contribution in [0, 0.1) is 23.4 Å². The number of hydrogen-bond donors (Lipinski definition) is 1. The first-order chi connectivity index (χ1) is 12.1. The normalized spacial score (nSPS) is 38.3. The molecule has 0 N–H and O–H groups in total. The Labute approximate surface area is 173 Å². The molecule has 0 fully saturated rings. The van der Waals surface area contributed by atoms with Gasteiger partial charge in [0.2, 0.25) is 0 Å². The average molecular weight is 479 g/mol. The van der Waals surface area contributed by atoms with Crippen molar-refractivity contribution in [2.24, 2.45) is 5.92 Å². The lowest BCUT2D eigenvalue weighted by molar-refractivity contribution is 0.688. The van der Waals surface area contributed by atoms with Gasteiger partial charge in [0.1, 0.15) is 0 Å². The van der Waals surface area contributed by atoms with Crippen molar-refractivity contribution >= 4 is 69.2 Å². The van der Waals surface area contributed by atoms with Crippen LogP contribution >= 0.6 is 6.04 Å². The van der Waals surface area contributed by atoms with E-state index in [0.717, 1.165) is 45.0 Å². The highest BCUT2D eigenvalue weighted by Gasteiger charge is 2.22. The zero-order valence-corrected chi connectivity index (χ0v) is 20.7. The average Bonchev–Trinajstić information content (AvgIpc) is 3.23. The van der Waals surface area contributed by atoms with Crippen molar-refractivity contribution in [2.45, 2.75) is 13.3 Å². The topological polar surface area (TPSA) is 17.1 Å². The van der Waals surface area contributed by atoms with Gasteiger partial charge in [0, 0.05) is 48.2 Å². The van der Waals surface area contributed by atoms with E-state index in [-0.39, 0.29) is 0 Å². The number of hydrogen-bond acceptors (Lipinski definition) is 3. The van der Waals surface area contributed by atoms with Crippen LogP contribution < -0.4 is 0 Å². The maximum Gasteiger partial charge on any atom is 0.0356 e. The van der Waals surface area contributed by atoms with E-state index in [1.54, 1.807) is 5.41 Å². The van der Waals surface area contributed by atoms with Gasteiger partial charge in [-0.25, -0.2) is 0 Å². The summed E-state index contributed by atoms with van der Waals surface area (Å²) in [4.78, 5) is 1.41. The molecule has 1 nitrogen and oxygen atoms in total. The lowest BCUT2D eigenvalue weighted by Gasteiger charge is -2.11. The van der Waals surface area contributed by atoms with Crippen LogP contribution in [0.2, 0.25) is 0 Å². The third-order valence-electron chi connectivity index (χ3n) is 4.48. The van der Waals surface area contributed by atoms with E-state index in [9.17, 15) is 4.21 Å². The monoisotopic (exact) mass is 478 g/mol. The van der Waals surface area contributed by atoms with Crippen LogP contribution in [0.25, 0.3) is 0 Å². The second-order valence-electron chi connectivity index (χ2n) is 6.92. The van der Waals surface area contributed by atoms with Crippen LogP contribution in [0.1, 0.15) is 13.3 Å². The molecular weight excluding hydrogens is 456 g/mol. The zero-order valence-electron chi connectivity index (χ0n) is 14.8. The largest absolute Gasteiger partial charge is 0.254 e. The summed E-state index contributed by atoms with van der Waals surface area (Å²) in [5, 5.41) is 5.16. The van der Waals surface area contributed by atoms with E-state index in [4.69, 9.17) is 29.4 Å². The minimum atomic E-state index is -2.03. The number of terminal acetylenes is 1. The van der Waals surface area contributed by atoms with E-state index in [0.29, 0.717) is 11.7 Å². The Morgan fingerprint density at radius 2 is 2.27 bits per heavy atom. The molecule has 0 saturated heterocycles. The van der Waals surface area contributed by atoms with Gasteiger partial charge in [-0.1, -0.05) is 48.0 Å². The molecule has 0 aromatic rings. The fraction of sp³-hybridized carbons (Fsp3) is 0.444. The smallest absolute Gasteiger partial charge is 0.0356 e. The molecule has 0 saturated carbocycles. The molecule has 0 radical (unpaired) electrons. The van der Waals surface area contributed by atoms with Crippen molar-refractivity contribution in [3.63, 3.8) is 0 Å². The first-order valence-corrected chi connectivity index (χ1v) is 19.3. The molecule has 4 atom stereocenters. The molecule has 0 aliphatic carbocycles. The molecule has 3 aliphatic heterocycles. The predicted octanol–water partition coefficient (Wildman–Crippen LogP) is 2.88. The van der Waals surface area contributed by atoms with E-state index in [1.165, 1.54) is 4.86 Å². The Bertz CT molecular complexity index is 1210. The predicted molar refractivity (Wildman–Crippen MR) is 135 cm³/mol. The molecule has 0 aromatic heterocycles. The maximum absolute atomic E-state index is 12.8. The molecule has 8 heteroatoms. The van der Waals surface area contributed by atoms with Gasteiger partial charge in [-0.15, -0.1) is 26.1 Å². The van der Waals surface area contributed by atoms with Gasteiger partial charge in [0.05, 0.1) is 0 Å². The summed E-state index contributed by atoms with van der Waals surface area (Å²) in [5.74, 6) is 7.84. The van der Waals surface area contributed by atoms with Gasteiger partial charge in [-0.3, -0.25) is 4.21 Å². The SMILES string of the molecule is C#CC1=CS(=O)(=[SH]#CC2=CCS(=S)(=S=C(C)C3C=CP(C)(=S)C3)C2)CC1. The quantitative estimate of drug-likeness (QED) is 0.270. The van der Waals surface area contributed by atoms with Gasteiger partial charge in [-0.2, -0.15) is 0 Å². The van der Waals surface area contributed by atoms with Crippen molar-refractivity contribution in [3.8, 4) is 17.5 Å². The zero-order chi connectivity index (χ0) is 19.0. The summed E-state index contributed by atoms with van der Waals surface area (Å²) in [7, 11) is -0.567. The third-order valence-corrected chi connectivity index (χ3v) is 17.5. The van der Waals surface area contributed by atoms with Crippen LogP contribution in [0.5, 0.6) is 0 Å². The molecular formula is C18H23OPS6. The Morgan fingerprint density at radius 3 is 2.88 bits per heavy atom. The summed E-state index contributed by atoms with van der Waals surface area (Å²) in [6, 6.07) is -1.25. The second-order valence-corrected chi connectivity index (χ2v) is 25.1. The summed E-state index contributed by atoms with van der Waals surface area (Å²) >= 11 is 11.7. The molecule has 3 aliphatic rings. The molecule has 3 rings (SSSR count). The molecule has 142 valence electrons. The highest BCUT2D eigenvalue weighted by atomic mass is 33.1. The van der Waals surface area contributed by atoms with Crippen LogP contribution in [-0.2, 0) is 58.3 Å². The van der Waals surface area contributed by atoms with Crippen LogP contribution in [-0.4, -0.2) is 39.2 Å². The molecule has 0 amide bonds. The first-order valence-electron chi connectivity index (χ1n) is 8.26. The van der Waals surface area contributed by atoms with Gasteiger partial charge in [-0.05, 0) is 48.3 Å². The Morgan fingerprint density at radius 1 is 1.50 bits per heavy atom. The minimum Gasteiger partial charge on any atom is -0.254 e. The molecule has 3 heterocycles. The molecule has 4 unspecified atom stereocenters. The van der Waals surface area contributed by atoms with Crippen molar-refractivity contribution in [2.75, 3.05) is 30.1 Å². The minimum absolute atomic E-state index is 0.485. The molecule has 0 spiro atoms. The van der Waals surface area contributed by atoms with Crippen LogP contribution in [0.3, 0.4) is 0 Å². The van der Waals surface area contributed by atoms with Crippen molar-refractivity contribution in [3.05, 3.63) is 34.5 Å². The van der Waals surface area contributed by atoms with Crippen molar-refractivity contribution < 1.29 is 4.21 Å². The fourth-order valence-corrected chi connectivity index (χ4v) is 16.0. The lowest BCUT2D eigenvalue weighted by Crippen LogP contribution is -2.12. The van der Waals surface area contributed by atoms with E-state index in [1.807, 2.05) is 9.91 Å². The van der Waals surface area contributed by atoms with E-state index < -0.39 is 21.7 Å². The van der Waals surface area contributed by atoms with E-state index in [2.05, 4.69) is 42.7 Å². The lowest BCUT2D eigenvalue weighted by atomic mass is 10.1. The first kappa shape index (κ1) is 21.0. The third kappa shape index (κ3) is 5.19. The fourth-order valence-electron chi connectivity index (χ4n) is 3.00. The number of allylic oxidation sites excluding steroid dienone is 2. The van der Waals surface area contributed by atoms with Crippen LogP contribution in [0.4, 0.5) is 0 Å². The number of thiol groups is 1. The summed E-state index contributed by atoms with van der Waals surface area (Å²) in [6.07, 6.45) is 11.8. The van der Waals surface area contributed by atoms with Crippen LogP contribution in [0.15, 0.2) is 34.5 Å². The molecule has 0 aromatic carbocycles. The Kier molecular flexibility index (Phi) is 6.39. The summed E-state index contributed by atoms with van der Waals surface area (Å²) in [6.45, 7) is 4.43. The van der Waals surface area contributed by atoms with Gasteiger partial charge in [0.15, 0.2) is 0 Å². The van der Waals surface area contributed by atoms with Gasteiger partial charge < -0.3 is 0 Å². The summed E-state index contributed by atoms with van der Waals surface area (Å²) < 4.78 is 12.8. The van der Waals surface area contributed by atoms with Crippen molar-refractivity contribution in [1.29, 1.82) is 0 Å². The highest BCUT2D eigenvalue weighted by Crippen LogP contribution is 2.50. The van der Waals surface area contributed by atoms with Gasteiger partial charge >= 0.3 is 0 Å². The second kappa shape index (κ2) is 7.93. The van der Waals surface area contributed by atoms with Crippen molar-refractivity contribution in [1.82, 2.24) is 0 Å². The molecule has 0 bridgehead atoms. The molecule has 26 heavy (non-hydrogen) atoms. The summed E-state index contributed by atoms with van der Waals surface area (Å²) in [5.41, 5.74) is 2.01. The number of rotatable bonds is 1. The maximum atomic E-state index is 12.8. The standard InChI is InChI=1S/C18H23OPS6/c1-4-16-6-9-25(19,13-16)23-12-17-7-10-26(22,14-17)24-15(2)18-5-8-20(3,21)11-18/h1,5,7-8,13,18,23H,6,9-11,14H2,2-3H3. The Balaban J connectivity index is 1.87. The van der Waals surface area contributed by atoms with E-state index >= 15 is 0 Å².